The van der Waals surface area contributed by atoms with Crippen LogP contribution in [0.15, 0.2) is 72.8 Å². The number of ether oxygens (including phenoxy) is 2. The van der Waals surface area contributed by atoms with Crippen LogP contribution in [-0.4, -0.2) is 44.2 Å². The molecular formula is C28H32N2O3. The molecular weight excluding hydrogens is 412 g/mol. The fourth-order valence-corrected chi connectivity index (χ4v) is 4.39. The fourth-order valence-electron chi connectivity index (χ4n) is 4.39. The quantitative estimate of drug-likeness (QED) is 0.547. The second-order valence-electron chi connectivity index (χ2n) is 8.60. The lowest BCUT2D eigenvalue weighted by atomic mass is 10.0. The van der Waals surface area contributed by atoms with E-state index in [9.17, 15) is 4.79 Å². The number of methoxy groups -OCH3 is 2. The van der Waals surface area contributed by atoms with Crippen LogP contribution < -0.4 is 14.8 Å². The summed E-state index contributed by atoms with van der Waals surface area (Å²) in [6, 6.07) is 24.7. The lowest BCUT2D eigenvalue weighted by molar-refractivity contribution is -0.121. The van der Waals surface area contributed by atoms with E-state index in [-0.39, 0.29) is 11.9 Å². The van der Waals surface area contributed by atoms with Crippen LogP contribution in [0.1, 0.15) is 24.0 Å². The van der Waals surface area contributed by atoms with Gasteiger partial charge in [0.25, 0.3) is 0 Å². The molecule has 0 aliphatic carbocycles. The number of hydrogen-bond donors (Lipinski definition) is 1. The van der Waals surface area contributed by atoms with Crippen LogP contribution in [0.25, 0.3) is 11.1 Å². The number of rotatable bonds is 8. The Bertz CT molecular complexity index is 1050. The molecule has 0 bridgehead atoms. The Balaban J connectivity index is 1.29. The monoisotopic (exact) mass is 444 g/mol. The standard InChI is InChI=1S/C28H32N2O3/c1-32-26-14-10-21(11-15-26)17-28(31)29-25-6-4-16-30(20-25)19-22-8-12-23(13-9-22)24-5-3-7-27(18-24)33-2/h3,5,7-15,18,25H,4,6,16-17,19-20H2,1-2H3,(H,29,31). The first-order chi connectivity index (χ1) is 16.1. The molecule has 1 atom stereocenters. The Morgan fingerprint density at radius 3 is 2.36 bits per heavy atom. The van der Waals surface area contributed by atoms with Gasteiger partial charge < -0.3 is 14.8 Å². The zero-order chi connectivity index (χ0) is 23.0. The first kappa shape index (κ1) is 22.9. The summed E-state index contributed by atoms with van der Waals surface area (Å²) in [5.41, 5.74) is 4.61. The number of carbonyl (C=O) groups is 1. The summed E-state index contributed by atoms with van der Waals surface area (Å²) in [6.45, 7) is 2.83. The van der Waals surface area contributed by atoms with E-state index in [1.807, 2.05) is 36.4 Å². The van der Waals surface area contributed by atoms with Gasteiger partial charge in [0, 0.05) is 19.1 Å². The average Bonchev–Trinajstić information content (AvgIpc) is 2.85. The van der Waals surface area contributed by atoms with E-state index < -0.39 is 0 Å². The number of hydrogen-bond acceptors (Lipinski definition) is 4. The summed E-state index contributed by atoms with van der Waals surface area (Å²) in [4.78, 5) is 15.0. The summed E-state index contributed by atoms with van der Waals surface area (Å²) in [7, 11) is 3.33. The highest BCUT2D eigenvalue weighted by Crippen LogP contribution is 2.24. The number of likely N-dealkylation sites (tertiary alicyclic amines) is 1. The third-order valence-electron chi connectivity index (χ3n) is 6.16. The predicted molar refractivity (Wildman–Crippen MR) is 132 cm³/mol. The second kappa shape index (κ2) is 11.0. The van der Waals surface area contributed by atoms with Crippen molar-refractivity contribution in [3.05, 3.63) is 83.9 Å². The van der Waals surface area contributed by atoms with Gasteiger partial charge in [-0.25, -0.2) is 0 Å². The maximum atomic E-state index is 12.5. The molecule has 1 saturated heterocycles. The van der Waals surface area contributed by atoms with Crippen LogP contribution >= 0.6 is 0 Å². The van der Waals surface area contributed by atoms with Crippen molar-refractivity contribution in [2.24, 2.45) is 0 Å². The minimum Gasteiger partial charge on any atom is -0.497 e. The van der Waals surface area contributed by atoms with Gasteiger partial charge in [0.2, 0.25) is 5.91 Å². The number of nitrogens with zero attached hydrogens (tertiary/aromatic N) is 1. The van der Waals surface area contributed by atoms with Crippen molar-refractivity contribution >= 4 is 5.91 Å². The Labute approximate surface area is 196 Å². The highest BCUT2D eigenvalue weighted by Gasteiger charge is 2.21. The summed E-state index contributed by atoms with van der Waals surface area (Å²) < 4.78 is 10.5. The maximum absolute atomic E-state index is 12.5. The molecule has 5 nitrogen and oxygen atoms in total. The molecule has 4 rings (SSSR count). The summed E-state index contributed by atoms with van der Waals surface area (Å²) >= 11 is 0. The maximum Gasteiger partial charge on any atom is 0.224 e. The summed E-state index contributed by atoms with van der Waals surface area (Å²) in [5.74, 6) is 1.75. The van der Waals surface area contributed by atoms with Gasteiger partial charge in [0.05, 0.1) is 20.6 Å². The van der Waals surface area contributed by atoms with Crippen LogP contribution in [0.4, 0.5) is 0 Å². The zero-order valence-electron chi connectivity index (χ0n) is 19.4. The summed E-state index contributed by atoms with van der Waals surface area (Å²) in [5, 5.41) is 3.23. The third kappa shape index (κ3) is 6.36. The van der Waals surface area contributed by atoms with E-state index in [0.29, 0.717) is 6.42 Å². The van der Waals surface area contributed by atoms with Crippen LogP contribution in [0.5, 0.6) is 11.5 Å². The first-order valence-corrected chi connectivity index (χ1v) is 11.5. The smallest absolute Gasteiger partial charge is 0.224 e. The molecule has 1 fully saturated rings. The molecule has 1 amide bonds. The number of carbonyl (C=O) groups excluding carboxylic acids is 1. The molecule has 0 radical (unpaired) electrons. The molecule has 3 aromatic carbocycles. The molecule has 0 aromatic heterocycles. The van der Waals surface area contributed by atoms with Crippen LogP contribution in [0.2, 0.25) is 0 Å². The number of piperidine rings is 1. The predicted octanol–water partition coefficient (Wildman–Crippen LogP) is 4.69. The van der Waals surface area contributed by atoms with Gasteiger partial charge in [-0.2, -0.15) is 0 Å². The molecule has 1 aliphatic heterocycles. The molecule has 1 unspecified atom stereocenters. The minimum atomic E-state index is 0.0784. The summed E-state index contributed by atoms with van der Waals surface area (Å²) in [6.07, 6.45) is 2.52. The van der Waals surface area contributed by atoms with E-state index in [2.05, 4.69) is 46.6 Å². The van der Waals surface area contributed by atoms with E-state index in [1.165, 1.54) is 11.1 Å². The normalized spacial score (nSPS) is 16.2. The average molecular weight is 445 g/mol. The number of benzene rings is 3. The molecule has 1 aliphatic rings. The molecule has 3 aromatic rings. The second-order valence-corrected chi connectivity index (χ2v) is 8.60. The number of nitrogens with one attached hydrogen (secondary N) is 1. The van der Waals surface area contributed by atoms with E-state index in [1.54, 1.807) is 14.2 Å². The Kier molecular flexibility index (Phi) is 7.63. The van der Waals surface area contributed by atoms with Crippen LogP contribution in [-0.2, 0) is 17.8 Å². The zero-order valence-corrected chi connectivity index (χ0v) is 19.4. The third-order valence-corrected chi connectivity index (χ3v) is 6.16. The molecule has 33 heavy (non-hydrogen) atoms. The van der Waals surface area contributed by atoms with Crippen molar-refractivity contribution in [1.82, 2.24) is 10.2 Å². The van der Waals surface area contributed by atoms with Crippen molar-refractivity contribution in [2.45, 2.75) is 31.8 Å². The van der Waals surface area contributed by atoms with Gasteiger partial charge in [-0.15, -0.1) is 0 Å². The first-order valence-electron chi connectivity index (χ1n) is 11.5. The van der Waals surface area contributed by atoms with E-state index >= 15 is 0 Å². The van der Waals surface area contributed by atoms with E-state index in [0.717, 1.165) is 55.1 Å². The van der Waals surface area contributed by atoms with E-state index in [4.69, 9.17) is 9.47 Å². The molecule has 1 N–H and O–H groups in total. The highest BCUT2D eigenvalue weighted by atomic mass is 16.5. The SMILES string of the molecule is COc1ccc(CC(=O)NC2CCCN(Cc3ccc(-c4cccc(OC)c4)cc3)C2)cc1. The fraction of sp³-hybridized carbons (Fsp3) is 0.321. The van der Waals surface area contributed by atoms with Crippen LogP contribution in [0.3, 0.4) is 0 Å². The number of amides is 1. The highest BCUT2D eigenvalue weighted by molar-refractivity contribution is 5.79. The minimum absolute atomic E-state index is 0.0784. The van der Waals surface area contributed by atoms with Gasteiger partial charge in [-0.05, 0) is 65.9 Å². The topological polar surface area (TPSA) is 50.8 Å². The van der Waals surface area contributed by atoms with Crippen molar-refractivity contribution < 1.29 is 14.3 Å². The van der Waals surface area contributed by atoms with Crippen LogP contribution in [0, 0.1) is 0 Å². The van der Waals surface area contributed by atoms with Gasteiger partial charge in [-0.1, -0.05) is 48.5 Å². The Morgan fingerprint density at radius 2 is 1.64 bits per heavy atom. The van der Waals surface area contributed by atoms with Gasteiger partial charge >= 0.3 is 0 Å². The molecule has 172 valence electrons. The van der Waals surface area contributed by atoms with Crippen molar-refractivity contribution in [1.29, 1.82) is 0 Å². The largest absolute Gasteiger partial charge is 0.497 e. The lowest BCUT2D eigenvalue weighted by Gasteiger charge is -2.33. The molecule has 5 heteroatoms. The lowest BCUT2D eigenvalue weighted by Crippen LogP contribution is -2.47. The van der Waals surface area contributed by atoms with Gasteiger partial charge in [-0.3, -0.25) is 9.69 Å². The van der Waals surface area contributed by atoms with Gasteiger partial charge in [0.1, 0.15) is 11.5 Å². The van der Waals surface area contributed by atoms with Crippen molar-refractivity contribution in [2.75, 3.05) is 27.3 Å². The van der Waals surface area contributed by atoms with Crippen molar-refractivity contribution in [3.8, 4) is 22.6 Å². The molecule has 0 saturated carbocycles. The molecule has 0 spiro atoms. The Morgan fingerprint density at radius 1 is 0.909 bits per heavy atom. The Hall–Kier alpha value is -3.31. The van der Waals surface area contributed by atoms with Crippen molar-refractivity contribution in [3.63, 3.8) is 0 Å². The van der Waals surface area contributed by atoms with Gasteiger partial charge in [0.15, 0.2) is 0 Å². The molecule has 1 heterocycles.